The summed E-state index contributed by atoms with van der Waals surface area (Å²) in [7, 11) is 0. The monoisotopic (exact) mass is 452 g/mol. The molecule has 0 aliphatic carbocycles. The van der Waals surface area contributed by atoms with Crippen molar-refractivity contribution >= 4 is 23.4 Å². The number of halogens is 5. The van der Waals surface area contributed by atoms with Crippen LogP contribution in [0.3, 0.4) is 0 Å². The van der Waals surface area contributed by atoms with E-state index in [1.807, 2.05) is 6.07 Å². The highest BCUT2D eigenvalue weighted by Crippen LogP contribution is 2.29. The van der Waals surface area contributed by atoms with Crippen LogP contribution in [0.5, 0.6) is 0 Å². The Balaban J connectivity index is 2.03. The molecule has 0 amide bonds. The van der Waals surface area contributed by atoms with Gasteiger partial charge in [-0.3, -0.25) is 5.41 Å². The smallest absolute Gasteiger partial charge is 0.382 e. The lowest BCUT2D eigenvalue weighted by atomic mass is 10.1. The summed E-state index contributed by atoms with van der Waals surface area (Å²) in [5.41, 5.74) is 0.199. The molecule has 3 N–H and O–H groups in total. The standard InChI is InChI=1S/C19H13ClF4N6O/c20-12-5-10(1-2-13(12)21)17-18(30(9-28-17)8-15(31)19(22,23)24)14(26)3-4-16-27-7-11(6-25)29-16/h1-5,7,9,15,26,31H,8H2,(H,27,29)/b4-3-,26-14?. The van der Waals surface area contributed by atoms with E-state index in [0.717, 1.165) is 17.0 Å². The number of hydrogen-bond acceptors (Lipinski definition) is 5. The van der Waals surface area contributed by atoms with E-state index in [1.165, 1.54) is 30.5 Å². The van der Waals surface area contributed by atoms with Crippen molar-refractivity contribution in [2.24, 2.45) is 0 Å². The first-order valence-corrected chi connectivity index (χ1v) is 8.95. The fraction of sp³-hybridized carbons (Fsp3) is 0.158. The molecule has 0 fully saturated rings. The molecule has 3 rings (SSSR count). The molecule has 160 valence electrons. The molecule has 31 heavy (non-hydrogen) atoms. The fourth-order valence-corrected chi connectivity index (χ4v) is 2.85. The second-order valence-corrected chi connectivity index (χ2v) is 6.73. The zero-order valence-corrected chi connectivity index (χ0v) is 16.2. The first-order chi connectivity index (χ1) is 14.6. The van der Waals surface area contributed by atoms with Gasteiger partial charge in [-0.2, -0.15) is 18.4 Å². The summed E-state index contributed by atoms with van der Waals surface area (Å²) in [4.78, 5) is 10.6. The van der Waals surface area contributed by atoms with Gasteiger partial charge in [0.2, 0.25) is 0 Å². The van der Waals surface area contributed by atoms with E-state index in [4.69, 9.17) is 22.3 Å². The largest absolute Gasteiger partial charge is 0.416 e. The normalized spacial score (nSPS) is 12.8. The van der Waals surface area contributed by atoms with E-state index in [1.54, 1.807) is 0 Å². The van der Waals surface area contributed by atoms with Gasteiger partial charge in [-0.15, -0.1) is 0 Å². The van der Waals surface area contributed by atoms with Gasteiger partial charge in [-0.1, -0.05) is 11.6 Å². The Morgan fingerprint density at radius 3 is 2.74 bits per heavy atom. The van der Waals surface area contributed by atoms with Gasteiger partial charge >= 0.3 is 6.18 Å². The number of benzene rings is 1. The lowest BCUT2D eigenvalue weighted by Crippen LogP contribution is -2.33. The number of nitrogens with one attached hydrogen (secondary N) is 2. The van der Waals surface area contributed by atoms with Gasteiger partial charge in [0.25, 0.3) is 0 Å². The Kier molecular flexibility index (Phi) is 6.24. The highest BCUT2D eigenvalue weighted by molar-refractivity contribution is 6.31. The van der Waals surface area contributed by atoms with Crippen LogP contribution in [0.4, 0.5) is 17.6 Å². The molecule has 0 saturated heterocycles. The summed E-state index contributed by atoms with van der Waals surface area (Å²) < 4.78 is 53.0. The summed E-state index contributed by atoms with van der Waals surface area (Å²) in [6.45, 7) is -0.906. The Labute approximate surface area is 177 Å². The third kappa shape index (κ3) is 4.99. The highest BCUT2D eigenvalue weighted by Gasteiger charge is 2.39. The summed E-state index contributed by atoms with van der Waals surface area (Å²) in [6.07, 6.45) is -2.66. The predicted octanol–water partition coefficient (Wildman–Crippen LogP) is 3.94. The van der Waals surface area contributed by atoms with E-state index < -0.39 is 24.6 Å². The number of H-pyrrole nitrogens is 1. The first kappa shape index (κ1) is 22.2. The average Bonchev–Trinajstić information content (AvgIpc) is 3.34. The number of aromatic amines is 1. The van der Waals surface area contributed by atoms with Gasteiger partial charge < -0.3 is 14.7 Å². The molecular weight excluding hydrogens is 440 g/mol. The van der Waals surface area contributed by atoms with Crippen LogP contribution in [-0.4, -0.2) is 42.6 Å². The predicted molar refractivity (Wildman–Crippen MR) is 104 cm³/mol. The molecule has 0 radical (unpaired) electrons. The van der Waals surface area contributed by atoms with Crippen LogP contribution in [0.15, 0.2) is 36.8 Å². The van der Waals surface area contributed by atoms with Crippen molar-refractivity contribution < 1.29 is 22.7 Å². The van der Waals surface area contributed by atoms with Gasteiger partial charge in [0.1, 0.15) is 23.4 Å². The number of rotatable bonds is 6. The third-order valence-corrected chi connectivity index (χ3v) is 4.45. The minimum atomic E-state index is -4.87. The van der Waals surface area contributed by atoms with Gasteiger partial charge in [-0.05, 0) is 30.4 Å². The molecule has 0 bridgehead atoms. The molecule has 2 heterocycles. The molecule has 7 nitrogen and oxygen atoms in total. The number of allylic oxidation sites excluding steroid dienone is 1. The first-order valence-electron chi connectivity index (χ1n) is 8.57. The minimum Gasteiger partial charge on any atom is -0.382 e. The molecule has 0 aliphatic heterocycles. The van der Waals surface area contributed by atoms with Crippen LogP contribution in [0.25, 0.3) is 17.3 Å². The lowest BCUT2D eigenvalue weighted by molar-refractivity contribution is -0.207. The van der Waals surface area contributed by atoms with E-state index in [2.05, 4.69) is 15.0 Å². The third-order valence-electron chi connectivity index (χ3n) is 4.16. The van der Waals surface area contributed by atoms with Crippen molar-refractivity contribution in [3.63, 3.8) is 0 Å². The lowest BCUT2D eigenvalue weighted by Gasteiger charge is -2.17. The maximum Gasteiger partial charge on any atom is 0.416 e. The van der Waals surface area contributed by atoms with Gasteiger partial charge in [-0.25, -0.2) is 14.4 Å². The SMILES string of the molecule is N#Cc1cnc(/C=C\C(=N)c2c(-c3ccc(F)c(Cl)c3)ncn2CC(O)C(F)(F)F)[nH]1. The zero-order valence-electron chi connectivity index (χ0n) is 15.5. The number of imidazole rings is 2. The number of aromatic nitrogens is 4. The average molecular weight is 453 g/mol. The Morgan fingerprint density at radius 1 is 1.39 bits per heavy atom. The van der Waals surface area contributed by atoms with Crippen LogP contribution < -0.4 is 0 Å². The van der Waals surface area contributed by atoms with E-state index >= 15 is 0 Å². The number of nitriles is 1. The molecule has 1 aromatic carbocycles. The summed E-state index contributed by atoms with van der Waals surface area (Å²) in [5.74, 6) is -0.450. The molecule has 2 aromatic heterocycles. The Hall–Kier alpha value is -3.49. The van der Waals surface area contributed by atoms with E-state index in [-0.39, 0.29) is 39.2 Å². The number of alkyl halides is 3. The fourth-order valence-electron chi connectivity index (χ4n) is 2.67. The number of aliphatic hydroxyl groups excluding tert-OH is 1. The van der Waals surface area contributed by atoms with Crippen LogP contribution in [-0.2, 0) is 6.54 Å². The quantitative estimate of drug-likeness (QED) is 0.388. The molecular formula is C19H13ClF4N6O. The topological polar surface area (TPSA) is 114 Å². The van der Waals surface area contributed by atoms with Gasteiger partial charge in [0.05, 0.1) is 41.2 Å². The van der Waals surface area contributed by atoms with Crippen molar-refractivity contribution in [3.05, 3.63) is 64.9 Å². The van der Waals surface area contributed by atoms with Crippen LogP contribution in [0.2, 0.25) is 5.02 Å². The van der Waals surface area contributed by atoms with Crippen molar-refractivity contribution in [2.75, 3.05) is 0 Å². The number of aliphatic hydroxyl groups is 1. The van der Waals surface area contributed by atoms with Crippen LogP contribution in [0.1, 0.15) is 17.2 Å². The molecule has 1 unspecified atom stereocenters. The molecule has 1 atom stereocenters. The second kappa shape index (κ2) is 8.71. The molecule has 3 aromatic rings. The zero-order chi connectivity index (χ0) is 22.8. The van der Waals surface area contributed by atoms with Crippen LogP contribution >= 0.6 is 11.6 Å². The second-order valence-electron chi connectivity index (χ2n) is 6.32. The number of hydrogen-bond donors (Lipinski definition) is 3. The van der Waals surface area contributed by atoms with E-state index in [9.17, 15) is 22.7 Å². The van der Waals surface area contributed by atoms with Crippen molar-refractivity contribution in [1.82, 2.24) is 19.5 Å². The Bertz CT molecular complexity index is 1190. The van der Waals surface area contributed by atoms with Crippen LogP contribution in [0, 0.1) is 22.6 Å². The summed E-state index contributed by atoms with van der Waals surface area (Å²) in [6, 6.07) is 5.47. The van der Waals surface area contributed by atoms with Crippen molar-refractivity contribution in [1.29, 1.82) is 10.7 Å². The maximum absolute atomic E-state index is 13.5. The molecule has 0 aliphatic rings. The maximum atomic E-state index is 13.5. The molecule has 0 spiro atoms. The van der Waals surface area contributed by atoms with Crippen molar-refractivity contribution in [3.8, 4) is 17.3 Å². The highest BCUT2D eigenvalue weighted by atomic mass is 35.5. The van der Waals surface area contributed by atoms with Crippen molar-refractivity contribution in [2.45, 2.75) is 18.8 Å². The number of nitrogens with zero attached hydrogens (tertiary/aromatic N) is 4. The molecule has 12 heteroatoms. The summed E-state index contributed by atoms with van der Waals surface area (Å²) >= 11 is 5.80. The van der Waals surface area contributed by atoms with Gasteiger partial charge in [0.15, 0.2) is 6.10 Å². The Morgan fingerprint density at radius 2 is 2.13 bits per heavy atom. The van der Waals surface area contributed by atoms with E-state index in [0.29, 0.717) is 0 Å². The minimum absolute atomic E-state index is 0.0608. The molecule has 0 saturated carbocycles. The van der Waals surface area contributed by atoms with Gasteiger partial charge in [0, 0.05) is 5.56 Å². The summed E-state index contributed by atoms with van der Waals surface area (Å²) in [5, 5.41) is 26.4.